The number of halogens is 2. The van der Waals surface area contributed by atoms with Crippen molar-refractivity contribution < 1.29 is 28.2 Å². The van der Waals surface area contributed by atoms with Gasteiger partial charge in [0.05, 0.1) is 23.9 Å². The van der Waals surface area contributed by atoms with Gasteiger partial charge in [0.15, 0.2) is 16.7 Å². The minimum atomic E-state index is -0.791. The van der Waals surface area contributed by atoms with Gasteiger partial charge in [0.2, 0.25) is 5.91 Å². The first-order chi connectivity index (χ1) is 25.2. The maximum Gasteiger partial charge on any atom is 0.285 e. The Labute approximate surface area is 311 Å². The van der Waals surface area contributed by atoms with Gasteiger partial charge in [-0.3, -0.25) is 19.3 Å². The van der Waals surface area contributed by atoms with E-state index in [0.717, 1.165) is 22.9 Å². The predicted molar refractivity (Wildman–Crippen MR) is 204 cm³/mol. The Morgan fingerprint density at radius 2 is 1.71 bits per heavy atom. The number of nitrogens with one attached hydrogen (secondary N) is 1. The van der Waals surface area contributed by atoms with E-state index in [9.17, 15) is 18.8 Å². The highest BCUT2D eigenvalue weighted by Crippen LogP contribution is 2.38. The van der Waals surface area contributed by atoms with Crippen LogP contribution < -0.4 is 14.8 Å². The van der Waals surface area contributed by atoms with Gasteiger partial charge in [0.25, 0.3) is 11.8 Å². The molecule has 0 unspecified atom stereocenters. The number of hydrogen-bond acceptors (Lipinski definition) is 6. The summed E-state index contributed by atoms with van der Waals surface area (Å²) in [4.78, 5) is 46.6. The van der Waals surface area contributed by atoms with Crippen molar-refractivity contribution in [1.29, 1.82) is 0 Å². The number of rotatable bonds is 13. The van der Waals surface area contributed by atoms with E-state index in [1.807, 2.05) is 60.7 Å². The van der Waals surface area contributed by atoms with Crippen LogP contribution in [0.5, 0.6) is 11.5 Å². The van der Waals surface area contributed by atoms with Crippen LogP contribution in [0.2, 0.25) is 5.02 Å². The summed E-state index contributed by atoms with van der Waals surface area (Å²) in [7, 11) is 1.42. The molecule has 0 atom stereocenters. The second-order valence-corrected chi connectivity index (χ2v) is 12.6. The number of nitrogens with zero attached hydrogens (tertiary/aromatic N) is 2. The topological polar surface area (TPSA) is 97.3 Å². The van der Waals surface area contributed by atoms with Crippen molar-refractivity contribution in [3.05, 3.63) is 172 Å². The highest BCUT2D eigenvalue weighted by Gasteiger charge is 2.35. The lowest BCUT2D eigenvalue weighted by atomic mass is 9.99. The fourth-order valence-electron chi connectivity index (χ4n) is 5.31. The molecule has 1 heterocycles. The smallest absolute Gasteiger partial charge is 0.285 e. The molecule has 0 bridgehead atoms. The molecule has 0 saturated heterocycles. The Kier molecular flexibility index (Phi) is 13.0. The van der Waals surface area contributed by atoms with Crippen LogP contribution in [0.4, 0.5) is 4.39 Å². The molecular formula is C41H35ClFN3O5S. The number of allylic oxidation sites excluding steroid dienone is 4. The van der Waals surface area contributed by atoms with Gasteiger partial charge in [0.1, 0.15) is 18.0 Å². The monoisotopic (exact) mass is 735 g/mol. The van der Waals surface area contributed by atoms with Crippen LogP contribution in [0.15, 0.2) is 144 Å². The third-order valence-electron chi connectivity index (χ3n) is 7.75. The van der Waals surface area contributed by atoms with Crippen molar-refractivity contribution in [3.63, 3.8) is 0 Å². The third kappa shape index (κ3) is 9.34. The molecule has 4 aromatic carbocycles. The molecule has 8 nitrogen and oxygen atoms in total. The summed E-state index contributed by atoms with van der Waals surface area (Å²) in [5.74, 6) is -1.85. The summed E-state index contributed by atoms with van der Waals surface area (Å²) in [6, 6.07) is 27.8. The molecule has 0 spiro atoms. The van der Waals surface area contributed by atoms with E-state index in [1.165, 1.54) is 36.3 Å². The van der Waals surface area contributed by atoms with Crippen molar-refractivity contribution in [2.45, 2.75) is 19.6 Å². The van der Waals surface area contributed by atoms with Crippen molar-refractivity contribution >= 4 is 52.3 Å². The summed E-state index contributed by atoms with van der Waals surface area (Å²) in [5, 5.41) is 3.26. The summed E-state index contributed by atoms with van der Waals surface area (Å²) in [6.07, 6.45) is 7.91. The van der Waals surface area contributed by atoms with Crippen LogP contribution in [0.1, 0.15) is 35.2 Å². The van der Waals surface area contributed by atoms with E-state index in [1.54, 1.807) is 49.4 Å². The van der Waals surface area contributed by atoms with Crippen LogP contribution in [-0.4, -0.2) is 40.7 Å². The summed E-state index contributed by atoms with van der Waals surface area (Å²) in [6.45, 7) is 5.48. The van der Waals surface area contributed by atoms with Crippen LogP contribution in [0.3, 0.4) is 0 Å². The summed E-state index contributed by atoms with van der Waals surface area (Å²) in [5.41, 5.74) is 2.94. The number of amidine groups is 1. The fourth-order valence-corrected chi connectivity index (χ4v) is 6.39. The fraction of sp³-hybridized carbons (Fsp3) is 0.122. The van der Waals surface area contributed by atoms with Gasteiger partial charge in [-0.05, 0) is 65.6 Å². The molecule has 0 aromatic heterocycles. The minimum absolute atomic E-state index is 0.0247. The zero-order valence-electron chi connectivity index (χ0n) is 28.4. The Morgan fingerprint density at radius 3 is 2.33 bits per heavy atom. The third-order valence-corrected chi connectivity index (χ3v) is 8.97. The number of carbonyl (C=O) groups excluding carboxylic acids is 3. The quantitative estimate of drug-likeness (QED) is 0.0841. The molecule has 1 aliphatic heterocycles. The number of aliphatic imine (C=N–C) groups is 1. The number of hydrogen-bond donors (Lipinski definition) is 1. The molecule has 1 aliphatic rings. The zero-order chi connectivity index (χ0) is 37.0. The van der Waals surface area contributed by atoms with Crippen LogP contribution in [0, 0.1) is 5.82 Å². The molecule has 4 aromatic rings. The number of thioether (sulfide) groups is 1. The molecule has 0 saturated carbocycles. The lowest BCUT2D eigenvalue weighted by Gasteiger charge is -2.28. The highest BCUT2D eigenvalue weighted by molar-refractivity contribution is 8.14. The van der Waals surface area contributed by atoms with E-state index in [0.29, 0.717) is 16.8 Å². The number of benzene rings is 4. The molecule has 11 heteroatoms. The second kappa shape index (κ2) is 18.0. The molecule has 3 amide bonds. The van der Waals surface area contributed by atoms with Gasteiger partial charge in [-0.2, -0.15) is 4.99 Å². The lowest BCUT2D eigenvalue weighted by Crippen LogP contribution is -2.42. The van der Waals surface area contributed by atoms with Gasteiger partial charge < -0.3 is 14.8 Å². The maximum atomic E-state index is 14.1. The molecule has 264 valence electrons. The second-order valence-electron chi connectivity index (χ2n) is 11.3. The number of carbonyl (C=O) groups is 3. The standard InChI is InChI=1S/C41H35ClFN3O5S/c1-4-6-20-32(5-2)46-40(49)33(22-28-23-34(42)38(35(24-28)50-3)51-25-27-14-13-19-31(43)21-27)39(48)45-41(46)52-26-36(47)44-37(29-15-9-7-10-16-29)30-17-11-8-12-18-30/h4-24,37H,1,25-26H2,2-3H3,(H,44,47)/b20-6-,32-5+,33-22+. The largest absolute Gasteiger partial charge is 0.493 e. The molecule has 0 fully saturated rings. The number of methoxy groups -OCH3 is 1. The van der Waals surface area contributed by atoms with Crippen LogP contribution >= 0.6 is 23.4 Å². The zero-order valence-corrected chi connectivity index (χ0v) is 30.0. The first-order valence-electron chi connectivity index (χ1n) is 16.1. The molecule has 0 aliphatic carbocycles. The van der Waals surface area contributed by atoms with Gasteiger partial charge in [-0.25, -0.2) is 4.39 Å². The average molecular weight is 736 g/mol. The van der Waals surface area contributed by atoms with Crippen LogP contribution in [0.25, 0.3) is 6.08 Å². The van der Waals surface area contributed by atoms with E-state index in [-0.39, 0.29) is 45.5 Å². The minimum Gasteiger partial charge on any atom is -0.493 e. The Bertz CT molecular complexity index is 2040. The first-order valence-corrected chi connectivity index (χ1v) is 17.5. The van der Waals surface area contributed by atoms with Gasteiger partial charge in [0, 0.05) is 5.70 Å². The van der Waals surface area contributed by atoms with Crippen molar-refractivity contribution in [2.24, 2.45) is 4.99 Å². The SMILES string of the molecule is C=C/C=C\C(=C/C)N1C(=O)/C(=C/c2cc(Cl)c(OCc3cccc(F)c3)c(OC)c2)C(=O)N=C1SCC(=O)NC(c1ccccc1)c1ccccc1. The van der Waals surface area contributed by atoms with Crippen molar-refractivity contribution in [1.82, 2.24) is 10.2 Å². The number of ether oxygens (including phenoxy) is 2. The highest BCUT2D eigenvalue weighted by atomic mass is 35.5. The van der Waals surface area contributed by atoms with Crippen molar-refractivity contribution in [2.75, 3.05) is 12.9 Å². The Morgan fingerprint density at radius 1 is 1.02 bits per heavy atom. The van der Waals surface area contributed by atoms with E-state index in [4.69, 9.17) is 21.1 Å². The van der Waals surface area contributed by atoms with Crippen LogP contribution in [-0.2, 0) is 21.0 Å². The Balaban J connectivity index is 1.41. The normalized spacial score (nSPS) is 14.2. The van der Waals surface area contributed by atoms with E-state index >= 15 is 0 Å². The first kappa shape index (κ1) is 37.5. The van der Waals surface area contributed by atoms with Crippen molar-refractivity contribution in [3.8, 4) is 11.5 Å². The summed E-state index contributed by atoms with van der Waals surface area (Å²) >= 11 is 7.55. The Hall–Kier alpha value is -5.71. The number of amides is 3. The molecular weight excluding hydrogens is 701 g/mol. The predicted octanol–water partition coefficient (Wildman–Crippen LogP) is 8.46. The average Bonchev–Trinajstić information content (AvgIpc) is 3.15. The van der Waals surface area contributed by atoms with Gasteiger partial charge in [-0.15, -0.1) is 0 Å². The van der Waals surface area contributed by atoms with Gasteiger partial charge in [-0.1, -0.05) is 121 Å². The summed E-state index contributed by atoms with van der Waals surface area (Å²) < 4.78 is 25.0. The molecule has 0 radical (unpaired) electrons. The van der Waals surface area contributed by atoms with E-state index in [2.05, 4.69) is 16.9 Å². The lowest BCUT2D eigenvalue weighted by molar-refractivity contribution is -0.126. The molecule has 1 N–H and O–H groups in total. The molecule has 52 heavy (non-hydrogen) atoms. The van der Waals surface area contributed by atoms with E-state index < -0.39 is 23.7 Å². The maximum absolute atomic E-state index is 14.1. The van der Waals surface area contributed by atoms with Gasteiger partial charge >= 0.3 is 0 Å². The molecule has 5 rings (SSSR count).